The van der Waals surface area contributed by atoms with Crippen LogP contribution < -0.4 is 0 Å². The maximum Gasteiger partial charge on any atom is 0.249 e. The van der Waals surface area contributed by atoms with Gasteiger partial charge in [0.1, 0.15) is 6.61 Å². The molecule has 1 fully saturated rings. The number of carbonyl (C=O) groups excluding carboxylic acids is 1. The summed E-state index contributed by atoms with van der Waals surface area (Å²) in [4.78, 5) is 18.3. The number of carbonyl (C=O) groups is 1. The molecular formula is C15H22N2O2. The van der Waals surface area contributed by atoms with Gasteiger partial charge in [0.05, 0.1) is 5.60 Å². The van der Waals surface area contributed by atoms with Crippen molar-refractivity contribution in [3.8, 4) is 0 Å². The van der Waals surface area contributed by atoms with Crippen LogP contribution in [0.4, 0.5) is 0 Å². The molecule has 1 aromatic heterocycles. The summed E-state index contributed by atoms with van der Waals surface area (Å²) in [5.74, 6) is 0.0706. The topological polar surface area (TPSA) is 42.4 Å². The minimum Gasteiger partial charge on any atom is -0.366 e. The van der Waals surface area contributed by atoms with Gasteiger partial charge in [-0.1, -0.05) is 6.07 Å². The van der Waals surface area contributed by atoms with Crippen molar-refractivity contribution in [3.63, 3.8) is 0 Å². The first-order chi connectivity index (χ1) is 8.96. The van der Waals surface area contributed by atoms with E-state index >= 15 is 0 Å². The highest BCUT2D eigenvalue weighted by molar-refractivity contribution is 5.78. The van der Waals surface area contributed by atoms with Crippen molar-refractivity contribution >= 4 is 5.91 Å². The normalized spacial score (nSPS) is 15.3. The fraction of sp³-hybridized carbons (Fsp3) is 0.600. The minimum absolute atomic E-state index is 0.0706. The maximum atomic E-state index is 12.3. The van der Waals surface area contributed by atoms with Crippen molar-refractivity contribution in [2.75, 3.05) is 6.61 Å². The van der Waals surface area contributed by atoms with E-state index in [0.29, 0.717) is 12.6 Å². The second-order valence-corrected chi connectivity index (χ2v) is 6.02. The average Bonchev–Trinajstić information content (AvgIpc) is 3.18. The molecule has 104 valence electrons. The summed E-state index contributed by atoms with van der Waals surface area (Å²) in [7, 11) is 0. The molecule has 4 heteroatoms. The third-order valence-corrected chi connectivity index (χ3v) is 3.01. The number of pyridine rings is 1. The maximum absolute atomic E-state index is 12.3. The van der Waals surface area contributed by atoms with Crippen LogP contribution in [0.1, 0.15) is 39.2 Å². The molecule has 0 saturated heterocycles. The van der Waals surface area contributed by atoms with Crippen molar-refractivity contribution in [1.82, 2.24) is 9.88 Å². The number of hydrogen-bond acceptors (Lipinski definition) is 3. The Morgan fingerprint density at radius 2 is 2.21 bits per heavy atom. The van der Waals surface area contributed by atoms with E-state index in [1.165, 1.54) is 0 Å². The number of aromatic nitrogens is 1. The molecular weight excluding hydrogens is 240 g/mol. The Morgan fingerprint density at radius 1 is 1.47 bits per heavy atom. The van der Waals surface area contributed by atoms with E-state index < -0.39 is 0 Å². The van der Waals surface area contributed by atoms with E-state index in [1.807, 2.05) is 44.0 Å². The summed E-state index contributed by atoms with van der Waals surface area (Å²) >= 11 is 0. The van der Waals surface area contributed by atoms with Gasteiger partial charge in [0.25, 0.3) is 0 Å². The standard InChI is InChI=1S/C15H22N2O2/c1-15(2,3)19-11-14(18)17(13-6-7-13)10-12-5-4-8-16-9-12/h4-5,8-9,13H,6-7,10-11H2,1-3H3. The van der Waals surface area contributed by atoms with Gasteiger partial charge in [0.2, 0.25) is 5.91 Å². The van der Waals surface area contributed by atoms with Gasteiger partial charge in [-0.25, -0.2) is 0 Å². The van der Waals surface area contributed by atoms with E-state index in [0.717, 1.165) is 18.4 Å². The zero-order valence-electron chi connectivity index (χ0n) is 11.9. The van der Waals surface area contributed by atoms with Crippen LogP contribution in [0.3, 0.4) is 0 Å². The lowest BCUT2D eigenvalue weighted by molar-refractivity contribution is -0.142. The van der Waals surface area contributed by atoms with Crippen molar-refractivity contribution in [3.05, 3.63) is 30.1 Å². The predicted molar refractivity (Wildman–Crippen MR) is 73.5 cm³/mol. The van der Waals surface area contributed by atoms with Gasteiger partial charge < -0.3 is 9.64 Å². The molecule has 1 aliphatic rings. The predicted octanol–water partition coefficient (Wildman–Crippen LogP) is 2.39. The fourth-order valence-corrected chi connectivity index (χ4v) is 1.86. The number of nitrogens with zero attached hydrogens (tertiary/aromatic N) is 2. The zero-order chi connectivity index (χ0) is 13.9. The first-order valence-corrected chi connectivity index (χ1v) is 6.78. The summed E-state index contributed by atoms with van der Waals surface area (Å²) in [5, 5.41) is 0. The second-order valence-electron chi connectivity index (χ2n) is 6.02. The van der Waals surface area contributed by atoms with Crippen LogP contribution in [0, 0.1) is 0 Å². The molecule has 0 aliphatic heterocycles. The van der Waals surface area contributed by atoms with Crippen LogP contribution >= 0.6 is 0 Å². The molecule has 4 nitrogen and oxygen atoms in total. The third-order valence-electron chi connectivity index (χ3n) is 3.01. The highest BCUT2D eigenvalue weighted by Gasteiger charge is 2.32. The highest BCUT2D eigenvalue weighted by Crippen LogP contribution is 2.28. The Balaban J connectivity index is 1.94. The summed E-state index contributed by atoms with van der Waals surface area (Å²) in [5.41, 5.74) is 0.789. The van der Waals surface area contributed by atoms with Crippen molar-refractivity contribution in [2.24, 2.45) is 0 Å². The summed E-state index contributed by atoms with van der Waals surface area (Å²) in [6.45, 7) is 6.67. The van der Waals surface area contributed by atoms with Crippen LogP contribution in [-0.4, -0.2) is 34.0 Å². The SMILES string of the molecule is CC(C)(C)OCC(=O)N(Cc1cccnc1)C1CC1. The minimum atomic E-state index is -0.279. The molecule has 1 saturated carbocycles. The first kappa shape index (κ1) is 14.0. The van der Waals surface area contributed by atoms with Gasteiger partial charge in [-0.3, -0.25) is 9.78 Å². The second kappa shape index (κ2) is 5.70. The van der Waals surface area contributed by atoms with Crippen LogP contribution in [0.25, 0.3) is 0 Å². The number of hydrogen-bond donors (Lipinski definition) is 0. The molecule has 19 heavy (non-hydrogen) atoms. The van der Waals surface area contributed by atoms with Crippen LogP contribution in [0.5, 0.6) is 0 Å². The average molecular weight is 262 g/mol. The molecule has 1 heterocycles. The van der Waals surface area contributed by atoms with Crippen molar-refractivity contribution < 1.29 is 9.53 Å². The molecule has 1 aliphatic carbocycles. The fourth-order valence-electron chi connectivity index (χ4n) is 1.86. The summed E-state index contributed by atoms with van der Waals surface area (Å²) < 4.78 is 5.58. The molecule has 2 rings (SSSR count). The molecule has 1 amide bonds. The zero-order valence-corrected chi connectivity index (χ0v) is 11.9. The van der Waals surface area contributed by atoms with Gasteiger partial charge in [-0.15, -0.1) is 0 Å². The molecule has 0 atom stereocenters. The van der Waals surface area contributed by atoms with Crippen molar-refractivity contribution in [2.45, 2.75) is 51.8 Å². The van der Waals surface area contributed by atoms with Gasteiger partial charge in [-0.2, -0.15) is 0 Å². The molecule has 0 spiro atoms. The lowest BCUT2D eigenvalue weighted by atomic mass is 10.2. The van der Waals surface area contributed by atoms with Crippen LogP contribution in [0.2, 0.25) is 0 Å². The van der Waals surface area contributed by atoms with E-state index in [-0.39, 0.29) is 18.1 Å². The number of amides is 1. The Morgan fingerprint density at radius 3 is 2.74 bits per heavy atom. The van der Waals surface area contributed by atoms with Crippen LogP contribution in [0.15, 0.2) is 24.5 Å². The first-order valence-electron chi connectivity index (χ1n) is 6.78. The molecule has 1 aromatic rings. The van der Waals surface area contributed by atoms with Gasteiger partial charge in [-0.05, 0) is 45.2 Å². The quantitative estimate of drug-likeness (QED) is 0.818. The summed E-state index contributed by atoms with van der Waals surface area (Å²) in [6, 6.07) is 4.29. The monoisotopic (exact) mass is 262 g/mol. The van der Waals surface area contributed by atoms with Gasteiger partial charge in [0.15, 0.2) is 0 Å². The van der Waals surface area contributed by atoms with Gasteiger partial charge in [0, 0.05) is 25.0 Å². The largest absolute Gasteiger partial charge is 0.366 e. The van der Waals surface area contributed by atoms with E-state index in [9.17, 15) is 4.79 Å². The van der Waals surface area contributed by atoms with Crippen LogP contribution in [-0.2, 0) is 16.1 Å². The molecule has 0 aromatic carbocycles. The molecule has 0 N–H and O–H groups in total. The van der Waals surface area contributed by atoms with E-state index in [1.54, 1.807) is 6.20 Å². The van der Waals surface area contributed by atoms with E-state index in [4.69, 9.17) is 4.74 Å². The Hall–Kier alpha value is -1.42. The third kappa shape index (κ3) is 4.63. The molecule has 0 unspecified atom stereocenters. The molecule has 0 radical (unpaired) electrons. The lowest BCUT2D eigenvalue weighted by Crippen LogP contribution is -2.37. The Bertz CT molecular complexity index is 422. The van der Waals surface area contributed by atoms with Gasteiger partial charge >= 0.3 is 0 Å². The smallest absolute Gasteiger partial charge is 0.249 e. The Labute approximate surface area is 114 Å². The highest BCUT2D eigenvalue weighted by atomic mass is 16.5. The van der Waals surface area contributed by atoms with Crippen molar-refractivity contribution in [1.29, 1.82) is 0 Å². The number of rotatable bonds is 5. The molecule has 0 bridgehead atoms. The summed E-state index contributed by atoms with van der Waals surface area (Å²) in [6.07, 6.45) is 5.76. The Kier molecular flexibility index (Phi) is 4.20. The van der Waals surface area contributed by atoms with E-state index in [2.05, 4.69) is 4.98 Å². The number of ether oxygens (including phenoxy) is 1. The lowest BCUT2D eigenvalue weighted by Gasteiger charge is -2.25.